The van der Waals surface area contributed by atoms with E-state index in [0.717, 1.165) is 18.9 Å². The minimum absolute atomic E-state index is 0.597. The molecule has 1 rings (SSSR count). The Morgan fingerprint density at radius 3 is 2.64 bits per heavy atom. The van der Waals surface area contributed by atoms with Crippen LogP contribution in [0, 0.1) is 5.92 Å². The van der Waals surface area contributed by atoms with Gasteiger partial charge in [-0.25, -0.2) is 0 Å². The summed E-state index contributed by atoms with van der Waals surface area (Å²) in [7, 11) is 0. The molecular formula is C10H20O. The monoisotopic (exact) mass is 156 g/mol. The first-order chi connectivity index (χ1) is 5.36. The molecule has 1 saturated carbocycles. The molecule has 0 amide bonds. The summed E-state index contributed by atoms with van der Waals surface area (Å²) in [6, 6.07) is 0. The van der Waals surface area contributed by atoms with E-state index >= 15 is 0 Å². The number of ether oxygens (including phenoxy) is 1. The molecule has 0 aromatic heterocycles. The normalized spacial score (nSPS) is 31.1. The third kappa shape index (κ3) is 2.82. The van der Waals surface area contributed by atoms with Gasteiger partial charge in [0.25, 0.3) is 0 Å². The molecule has 1 aliphatic carbocycles. The molecule has 1 fully saturated rings. The first kappa shape index (κ1) is 9.05. The van der Waals surface area contributed by atoms with Crippen LogP contribution in [0.5, 0.6) is 0 Å². The Morgan fingerprint density at radius 1 is 1.27 bits per heavy atom. The van der Waals surface area contributed by atoms with Gasteiger partial charge in [-0.1, -0.05) is 20.3 Å². The minimum Gasteiger partial charge on any atom is -0.378 e. The second-order valence-electron chi connectivity index (χ2n) is 3.58. The van der Waals surface area contributed by atoms with Crippen molar-refractivity contribution < 1.29 is 4.74 Å². The number of hydrogen-bond donors (Lipinski definition) is 0. The van der Waals surface area contributed by atoms with Crippen LogP contribution < -0.4 is 0 Å². The van der Waals surface area contributed by atoms with Crippen LogP contribution in [0.4, 0.5) is 0 Å². The zero-order chi connectivity index (χ0) is 8.10. The lowest BCUT2D eigenvalue weighted by molar-refractivity contribution is 0.0559. The SMILES string of the molecule is CCCOC1CCC(CC)C1. The van der Waals surface area contributed by atoms with E-state index in [1.165, 1.54) is 25.7 Å². The predicted octanol–water partition coefficient (Wildman–Crippen LogP) is 2.99. The van der Waals surface area contributed by atoms with Crippen molar-refractivity contribution in [3.63, 3.8) is 0 Å². The van der Waals surface area contributed by atoms with Gasteiger partial charge < -0.3 is 4.74 Å². The van der Waals surface area contributed by atoms with E-state index < -0.39 is 0 Å². The molecule has 0 saturated heterocycles. The van der Waals surface area contributed by atoms with Gasteiger partial charge in [-0.3, -0.25) is 0 Å². The summed E-state index contributed by atoms with van der Waals surface area (Å²) in [4.78, 5) is 0. The zero-order valence-electron chi connectivity index (χ0n) is 7.81. The van der Waals surface area contributed by atoms with Gasteiger partial charge in [0.2, 0.25) is 0 Å². The second kappa shape index (κ2) is 4.76. The van der Waals surface area contributed by atoms with E-state index in [-0.39, 0.29) is 0 Å². The summed E-state index contributed by atoms with van der Waals surface area (Å²) in [5, 5.41) is 0. The quantitative estimate of drug-likeness (QED) is 0.608. The fourth-order valence-electron chi connectivity index (χ4n) is 1.84. The Morgan fingerprint density at radius 2 is 2.09 bits per heavy atom. The topological polar surface area (TPSA) is 9.23 Å². The predicted molar refractivity (Wildman–Crippen MR) is 47.7 cm³/mol. The van der Waals surface area contributed by atoms with Gasteiger partial charge in [-0.05, 0) is 31.6 Å². The van der Waals surface area contributed by atoms with E-state index in [1.807, 2.05) is 0 Å². The highest BCUT2D eigenvalue weighted by Crippen LogP contribution is 2.29. The van der Waals surface area contributed by atoms with Crippen LogP contribution in [0.2, 0.25) is 0 Å². The van der Waals surface area contributed by atoms with Gasteiger partial charge in [0.1, 0.15) is 0 Å². The largest absolute Gasteiger partial charge is 0.378 e. The third-order valence-electron chi connectivity index (χ3n) is 2.63. The molecular weight excluding hydrogens is 136 g/mol. The lowest BCUT2D eigenvalue weighted by Crippen LogP contribution is -2.08. The van der Waals surface area contributed by atoms with Crippen molar-refractivity contribution >= 4 is 0 Å². The van der Waals surface area contributed by atoms with E-state index in [9.17, 15) is 0 Å². The minimum atomic E-state index is 0.597. The maximum atomic E-state index is 5.68. The Labute approximate surface area is 70.1 Å². The summed E-state index contributed by atoms with van der Waals surface area (Å²) < 4.78 is 5.68. The average Bonchev–Trinajstić information content (AvgIpc) is 2.48. The van der Waals surface area contributed by atoms with E-state index in [4.69, 9.17) is 4.74 Å². The van der Waals surface area contributed by atoms with E-state index in [1.54, 1.807) is 0 Å². The standard InChI is InChI=1S/C10H20O/c1-3-7-11-10-6-5-9(4-2)8-10/h9-10H,3-8H2,1-2H3. The van der Waals surface area contributed by atoms with Crippen molar-refractivity contribution in [1.29, 1.82) is 0 Å². The molecule has 66 valence electrons. The van der Waals surface area contributed by atoms with E-state index in [0.29, 0.717) is 6.10 Å². The van der Waals surface area contributed by atoms with Crippen molar-refractivity contribution in [3.8, 4) is 0 Å². The van der Waals surface area contributed by atoms with Crippen molar-refractivity contribution in [2.75, 3.05) is 6.61 Å². The smallest absolute Gasteiger partial charge is 0.0577 e. The highest BCUT2D eigenvalue weighted by Gasteiger charge is 2.23. The van der Waals surface area contributed by atoms with E-state index in [2.05, 4.69) is 13.8 Å². The zero-order valence-corrected chi connectivity index (χ0v) is 7.81. The fourth-order valence-corrected chi connectivity index (χ4v) is 1.84. The fraction of sp³-hybridized carbons (Fsp3) is 1.00. The number of hydrogen-bond acceptors (Lipinski definition) is 1. The summed E-state index contributed by atoms with van der Waals surface area (Å²) in [6.45, 7) is 5.42. The molecule has 0 radical (unpaired) electrons. The first-order valence-electron chi connectivity index (χ1n) is 4.98. The Kier molecular flexibility index (Phi) is 3.92. The molecule has 1 heteroatoms. The summed E-state index contributed by atoms with van der Waals surface area (Å²) >= 11 is 0. The molecule has 0 bridgehead atoms. The molecule has 0 N–H and O–H groups in total. The van der Waals surface area contributed by atoms with Crippen LogP contribution in [0.15, 0.2) is 0 Å². The molecule has 0 spiro atoms. The molecule has 0 aromatic rings. The maximum absolute atomic E-state index is 5.68. The van der Waals surface area contributed by atoms with Crippen LogP contribution in [-0.4, -0.2) is 12.7 Å². The molecule has 0 aromatic carbocycles. The highest BCUT2D eigenvalue weighted by atomic mass is 16.5. The molecule has 1 nitrogen and oxygen atoms in total. The highest BCUT2D eigenvalue weighted by molar-refractivity contribution is 4.74. The van der Waals surface area contributed by atoms with Crippen molar-refractivity contribution in [2.45, 2.75) is 52.1 Å². The van der Waals surface area contributed by atoms with Crippen LogP contribution >= 0.6 is 0 Å². The van der Waals surface area contributed by atoms with Crippen LogP contribution in [0.25, 0.3) is 0 Å². The molecule has 2 atom stereocenters. The van der Waals surface area contributed by atoms with Crippen molar-refractivity contribution in [2.24, 2.45) is 5.92 Å². The lowest BCUT2D eigenvalue weighted by Gasteiger charge is -2.10. The summed E-state index contributed by atoms with van der Waals surface area (Å²) in [6.07, 6.45) is 7.11. The molecule has 11 heavy (non-hydrogen) atoms. The summed E-state index contributed by atoms with van der Waals surface area (Å²) in [5.41, 5.74) is 0. The average molecular weight is 156 g/mol. The molecule has 0 heterocycles. The Balaban J connectivity index is 2.09. The summed E-state index contributed by atoms with van der Waals surface area (Å²) in [5.74, 6) is 0.955. The van der Waals surface area contributed by atoms with Crippen LogP contribution in [0.3, 0.4) is 0 Å². The first-order valence-corrected chi connectivity index (χ1v) is 4.98. The van der Waals surface area contributed by atoms with Crippen molar-refractivity contribution in [1.82, 2.24) is 0 Å². The molecule has 0 aliphatic heterocycles. The van der Waals surface area contributed by atoms with Gasteiger partial charge in [0.05, 0.1) is 6.10 Å². The second-order valence-corrected chi connectivity index (χ2v) is 3.58. The third-order valence-corrected chi connectivity index (χ3v) is 2.63. The van der Waals surface area contributed by atoms with Gasteiger partial charge in [0, 0.05) is 6.61 Å². The Hall–Kier alpha value is -0.0400. The van der Waals surface area contributed by atoms with Crippen LogP contribution in [-0.2, 0) is 4.74 Å². The lowest BCUT2D eigenvalue weighted by atomic mass is 10.1. The maximum Gasteiger partial charge on any atom is 0.0577 e. The Bertz CT molecular complexity index is 101. The molecule has 2 unspecified atom stereocenters. The van der Waals surface area contributed by atoms with Crippen LogP contribution in [0.1, 0.15) is 46.0 Å². The van der Waals surface area contributed by atoms with Gasteiger partial charge in [-0.15, -0.1) is 0 Å². The van der Waals surface area contributed by atoms with Gasteiger partial charge >= 0.3 is 0 Å². The van der Waals surface area contributed by atoms with Crippen molar-refractivity contribution in [3.05, 3.63) is 0 Å². The molecule has 1 aliphatic rings. The van der Waals surface area contributed by atoms with Gasteiger partial charge in [-0.2, -0.15) is 0 Å². The number of rotatable bonds is 4. The van der Waals surface area contributed by atoms with Gasteiger partial charge in [0.15, 0.2) is 0 Å².